The van der Waals surface area contributed by atoms with Gasteiger partial charge in [-0.3, -0.25) is 4.99 Å². The van der Waals surface area contributed by atoms with Gasteiger partial charge >= 0.3 is 0 Å². The van der Waals surface area contributed by atoms with Gasteiger partial charge in [0.2, 0.25) is 5.89 Å². The highest BCUT2D eigenvalue weighted by molar-refractivity contribution is 14.0. The molecule has 10 heteroatoms. The van der Waals surface area contributed by atoms with Gasteiger partial charge in [0.25, 0.3) is 0 Å². The normalized spacial score (nSPS) is 11.7. The third kappa shape index (κ3) is 6.98. The largest absolute Gasteiger partial charge is 0.356 e. The number of sulfone groups is 1. The summed E-state index contributed by atoms with van der Waals surface area (Å²) in [4.78, 5) is 8.54. The quantitative estimate of drug-likeness (QED) is 0.365. The van der Waals surface area contributed by atoms with Crippen molar-refractivity contribution in [2.24, 2.45) is 4.99 Å². The fourth-order valence-electron chi connectivity index (χ4n) is 2.03. The lowest BCUT2D eigenvalue weighted by molar-refractivity contribution is 0.387. The van der Waals surface area contributed by atoms with Crippen molar-refractivity contribution in [1.82, 2.24) is 20.8 Å². The highest BCUT2D eigenvalue weighted by Gasteiger charge is 2.06. The van der Waals surface area contributed by atoms with E-state index >= 15 is 0 Å². The van der Waals surface area contributed by atoms with Crippen molar-refractivity contribution in [3.63, 3.8) is 0 Å². The number of hydrogen-bond donors (Lipinski definition) is 2. The van der Waals surface area contributed by atoms with Gasteiger partial charge in [-0.2, -0.15) is 4.98 Å². The van der Waals surface area contributed by atoms with Crippen molar-refractivity contribution in [1.29, 1.82) is 0 Å². The molecule has 2 aromatic rings. The van der Waals surface area contributed by atoms with Crippen LogP contribution in [0.25, 0.3) is 0 Å². The number of benzene rings is 1. The SMILES string of the molecule is CN=C(NCCc1ccc(S(C)(=O)=O)cc1)NCc1noc(C)n1.I. The molecule has 8 nitrogen and oxygen atoms in total. The molecule has 138 valence electrons. The van der Waals surface area contributed by atoms with Gasteiger partial charge in [0.15, 0.2) is 21.6 Å². The Kier molecular flexibility index (Phi) is 8.29. The first-order valence-corrected chi connectivity index (χ1v) is 9.30. The number of halogens is 1. The Labute approximate surface area is 164 Å². The Morgan fingerprint density at radius 1 is 1.24 bits per heavy atom. The molecular formula is C15H22IN5O3S. The molecule has 1 aromatic carbocycles. The summed E-state index contributed by atoms with van der Waals surface area (Å²) in [5, 5.41) is 10.1. The summed E-state index contributed by atoms with van der Waals surface area (Å²) in [6.07, 6.45) is 1.94. The average Bonchev–Trinajstić information content (AvgIpc) is 2.96. The minimum atomic E-state index is -3.15. The number of aliphatic imine (C=N–C) groups is 1. The Bertz CT molecular complexity index is 803. The first kappa shape index (κ1) is 21.4. The molecule has 0 aliphatic heterocycles. The van der Waals surface area contributed by atoms with Gasteiger partial charge in [-0.25, -0.2) is 8.42 Å². The second kappa shape index (κ2) is 9.70. The first-order valence-electron chi connectivity index (χ1n) is 7.41. The summed E-state index contributed by atoms with van der Waals surface area (Å²) in [6.45, 7) is 2.81. The molecular weight excluding hydrogens is 457 g/mol. The fourth-order valence-corrected chi connectivity index (χ4v) is 2.66. The molecule has 0 unspecified atom stereocenters. The van der Waals surface area contributed by atoms with E-state index in [-0.39, 0.29) is 24.0 Å². The van der Waals surface area contributed by atoms with Crippen LogP contribution in [0.3, 0.4) is 0 Å². The zero-order valence-electron chi connectivity index (χ0n) is 14.3. The Hall–Kier alpha value is -1.69. The predicted octanol–water partition coefficient (Wildman–Crippen LogP) is 1.31. The molecule has 0 aliphatic rings. The van der Waals surface area contributed by atoms with Crippen LogP contribution in [-0.4, -0.2) is 44.4 Å². The molecule has 0 saturated heterocycles. The molecule has 0 bridgehead atoms. The third-order valence-corrected chi connectivity index (χ3v) is 4.39. The summed E-state index contributed by atoms with van der Waals surface area (Å²) in [5.74, 6) is 1.71. The number of aromatic nitrogens is 2. The highest BCUT2D eigenvalue weighted by atomic mass is 127. The van der Waals surface area contributed by atoms with Gasteiger partial charge in [-0.1, -0.05) is 17.3 Å². The van der Waals surface area contributed by atoms with Gasteiger partial charge in [0.05, 0.1) is 11.4 Å². The highest BCUT2D eigenvalue weighted by Crippen LogP contribution is 2.10. The van der Waals surface area contributed by atoms with E-state index in [4.69, 9.17) is 4.52 Å². The topological polar surface area (TPSA) is 109 Å². The Morgan fingerprint density at radius 2 is 1.92 bits per heavy atom. The molecule has 2 rings (SSSR count). The number of nitrogens with zero attached hydrogens (tertiary/aromatic N) is 3. The van der Waals surface area contributed by atoms with E-state index in [1.54, 1.807) is 26.1 Å². The van der Waals surface area contributed by atoms with E-state index in [9.17, 15) is 8.42 Å². The van der Waals surface area contributed by atoms with Crippen molar-refractivity contribution in [3.05, 3.63) is 41.5 Å². The van der Waals surface area contributed by atoms with E-state index < -0.39 is 9.84 Å². The van der Waals surface area contributed by atoms with Crippen molar-refractivity contribution in [3.8, 4) is 0 Å². The molecule has 0 radical (unpaired) electrons. The van der Waals surface area contributed by atoms with Crippen LogP contribution in [0.5, 0.6) is 0 Å². The number of nitrogens with one attached hydrogen (secondary N) is 2. The number of guanidine groups is 1. The first-order chi connectivity index (χ1) is 11.4. The van der Waals surface area contributed by atoms with Gasteiger partial charge in [-0.15, -0.1) is 24.0 Å². The standard InChI is InChI=1S/C15H21N5O3S.HI/c1-11-19-14(20-23-11)10-18-15(16-2)17-9-8-12-4-6-13(7-5-12)24(3,21)22;/h4-7H,8-10H2,1-3H3,(H2,16,17,18);1H. The van der Waals surface area contributed by atoms with Crippen LogP contribution in [0.4, 0.5) is 0 Å². The smallest absolute Gasteiger partial charge is 0.223 e. The van der Waals surface area contributed by atoms with E-state index in [0.717, 1.165) is 12.0 Å². The number of hydrogen-bond acceptors (Lipinski definition) is 6. The third-order valence-electron chi connectivity index (χ3n) is 3.26. The van der Waals surface area contributed by atoms with Crippen LogP contribution < -0.4 is 10.6 Å². The average molecular weight is 479 g/mol. The van der Waals surface area contributed by atoms with Gasteiger partial charge in [0.1, 0.15) is 0 Å². The van der Waals surface area contributed by atoms with Crippen LogP contribution in [-0.2, 0) is 22.8 Å². The van der Waals surface area contributed by atoms with E-state index in [0.29, 0.717) is 35.7 Å². The summed E-state index contributed by atoms with van der Waals surface area (Å²) < 4.78 is 27.7. The lowest BCUT2D eigenvalue weighted by atomic mass is 10.1. The second-order valence-corrected chi connectivity index (χ2v) is 7.26. The Balaban J connectivity index is 0.00000312. The molecule has 25 heavy (non-hydrogen) atoms. The van der Waals surface area contributed by atoms with Crippen LogP contribution in [0.1, 0.15) is 17.3 Å². The molecule has 0 aliphatic carbocycles. The molecule has 0 atom stereocenters. The van der Waals surface area contributed by atoms with Crippen molar-refractivity contribution < 1.29 is 12.9 Å². The van der Waals surface area contributed by atoms with Gasteiger partial charge in [0, 0.05) is 26.8 Å². The summed E-state index contributed by atoms with van der Waals surface area (Å²) in [6, 6.07) is 6.87. The molecule has 0 saturated carbocycles. The molecule has 0 spiro atoms. The lowest BCUT2D eigenvalue weighted by Gasteiger charge is -2.10. The molecule has 1 aromatic heterocycles. The van der Waals surface area contributed by atoms with Crippen LogP contribution >= 0.6 is 24.0 Å². The lowest BCUT2D eigenvalue weighted by Crippen LogP contribution is -2.38. The van der Waals surface area contributed by atoms with Crippen molar-refractivity contribution >= 4 is 39.8 Å². The Morgan fingerprint density at radius 3 is 2.44 bits per heavy atom. The number of aryl methyl sites for hydroxylation is 1. The van der Waals surface area contributed by atoms with E-state index in [1.165, 1.54) is 6.26 Å². The zero-order valence-corrected chi connectivity index (χ0v) is 17.5. The monoisotopic (exact) mass is 479 g/mol. The molecule has 0 fully saturated rings. The van der Waals surface area contributed by atoms with Crippen LogP contribution in [0.2, 0.25) is 0 Å². The van der Waals surface area contributed by atoms with E-state index in [2.05, 4.69) is 25.8 Å². The summed E-state index contributed by atoms with van der Waals surface area (Å²) in [7, 11) is -1.48. The fraction of sp³-hybridized carbons (Fsp3) is 0.400. The minimum absolute atomic E-state index is 0. The maximum atomic E-state index is 11.4. The van der Waals surface area contributed by atoms with Crippen LogP contribution in [0.15, 0.2) is 38.7 Å². The second-order valence-electron chi connectivity index (χ2n) is 5.25. The van der Waals surface area contributed by atoms with E-state index in [1.807, 2.05) is 12.1 Å². The maximum absolute atomic E-state index is 11.4. The maximum Gasteiger partial charge on any atom is 0.223 e. The minimum Gasteiger partial charge on any atom is -0.356 e. The van der Waals surface area contributed by atoms with Crippen molar-refractivity contribution in [2.45, 2.75) is 24.8 Å². The van der Waals surface area contributed by atoms with Crippen molar-refractivity contribution in [2.75, 3.05) is 19.8 Å². The van der Waals surface area contributed by atoms with Gasteiger partial charge in [-0.05, 0) is 24.1 Å². The summed E-state index contributed by atoms with van der Waals surface area (Å²) in [5.41, 5.74) is 1.04. The molecule has 0 amide bonds. The van der Waals surface area contributed by atoms with Crippen LogP contribution in [0, 0.1) is 6.92 Å². The zero-order chi connectivity index (χ0) is 17.6. The molecule has 2 N–H and O–H groups in total. The van der Waals surface area contributed by atoms with Gasteiger partial charge < -0.3 is 15.2 Å². The summed E-state index contributed by atoms with van der Waals surface area (Å²) >= 11 is 0. The molecule has 1 heterocycles. The predicted molar refractivity (Wildman–Crippen MR) is 106 cm³/mol. The number of rotatable bonds is 6.